The zero-order valence-electron chi connectivity index (χ0n) is 16.6. The van der Waals surface area contributed by atoms with Crippen molar-refractivity contribution in [3.05, 3.63) is 50.9 Å². The number of aromatic nitrogens is 4. The zero-order valence-corrected chi connectivity index (χ0v) is 16.6. The van der Waals surface area contributed by atoms with Gasteiger partial charge >= 0.3 is 11.7 Å². The molecule has 0 spiro atoms. The van der Waals surface area contributed by atoms with Crippen molar-refractivity contribution in [1.82, 2.24) is 18.7 Å². The Morgan fingerprint density at radius 2 is 1.79 bits per heavy atom. The molecule has 0 unspecified atom stereocenters. The van der Waals surface area contributed by atoms with Crippen molar-refractivity contribution in [1.29, 1.82) is 0 Å². The predicted molar refractivity (Wildman–Crippen MR) is 105 cm³/mol. The fourth-order valence-electron chi connectivity index (χ4n) is 3.05. The molecule has 7 nitrogen and oxygen atoms in total. The van der Waals surface area contributed by atoms with E-state index in [4.69, 9.17) is 4.74 Å². The largest absolute Gasteiger partial charge is 0.425 e. The van der Waals surface area contributed by atoms with Gasteiger partial charge in [0, 0.05) is 20.1 Å². The highest BCUT2D eigenvalue weighted by molar-refractivity contribution is 5.72. The van der Waals surface area contributed by atoms with Gasteiger partial charge in [0.1, 0.15) is 11.6 Å². The smallest absolute Gasteiger partial charge is 0.332 e. The van der Waals surface area contributed by atoms with E-state index in [-0.39, 0.29) is 23.0 Å². The van der Waals surface area contributed by atoms with E-state index in [9.17, 15) is 14.0 Å². The van der Waals surface area contributed by atoms with Crippen molar-refractivity contribution in [2.45, 2.75) is 46.7 Å². The second-order valence-corrected chi connectivity index (χ2v) is 7.26. The minimum absolute atomic E-state index is 0.212. The summed E-state index contributed by atoms with van der Waals surface area (Å²) in [7, 11) is 1.59. The van der Waals surface area contributed by atoms with Gasteiger partial charge in [0.05, 0.1) is 0 Å². The van der Waals surface area contributed by atoms with E-state index in [1.54, 1.807) is 11.6 Å². The Kier molecular flexibility index (Phi) is 5.67. The first-order valence-corrected chi connectivity index (χ1v) is 9.47. The van der Waals surface area contributed by atoms with Crippen molar-refractivity contribution in [2.24, 2.45) is 13.0 Å². The summed E-state index contributed by atoms with van der Waals surface area (Å²) < 4.78 is 23.4. The standard InChI is InChI=1S/C20H25FN4O3/c1-5-11-25-18(26)16-17(23(4)20(25)27)22-19(24(16)12-10-13(2)3)28-15-8-6-14(21)7-9-15/h6-9,13H,5,10-12H2,1-4H3. The SMILES string of the molecule is CCCn1c(=O)c2c(nc(Oc3ccc(F)cc3)n2CCC(C)C)n(C)c1=O. The van der Waals surface area contributed by atoms with Gasteiger partial charge in [0.2, 0.25) is 0 Å². The van der Waals surface area contributed by atoms with Crippen molar-refractivity contribution >= 4 is 11.2 Å². The van der Waals surface area contributed by atoms with Gasteiger partial charge in [-0.15, -0.1) is 0 Å². The molecule has 8 heteroatoms. The molecule has 0 atom stereocenters. The first-order valence-electron chi connectivity index (χ1n) is 9.47. The van der Waals surface area contributed by atoms with E-state index in [0.29, 0.717) is 36.7 Å². The van der Waals surface area contributed by atoms with Crippen LogP contribution in [0.25, 0.3) is 11.2 Å². The molecular weight excluding hydrogens is 363 g/mol. The number of halogens is 1. The maximum absolute atomic E-state index is 13.2. The number of benzene rings is 1. The molecule has 150 valence electrons. The van der Waals surface area contributed by atoms with Gasteiger partial charge in [-0.05, 0) is 43.0 Å². The number of ether oxygens (including phenoxy) is 1. The molecule has 3 rings (SSSR count). The van der Waals surface area contributed by atoms with Gasteiger partial charge in [-0.3, -0.25) is 18.5 Å². The summed E-state index contributed by atoms with van der Waals surface area (Å²) in [5, 5.41) is 0. The molecule has 28 heavy (non-hydrogen) atoms. The molecule has 2 heterocycles. The molecule has 2 aromatic heterocycles. The van der Waals surface area contributed by atoms with Crippen LogP contribution in [0, 0.1) is 11.7 Å². The van der Waals surface area contributed by atoms with Crippen LogP contribution in [0.4, 0.5) is 4.39 Å². The van der Waals surface area contributed by atoms with Crippen LogP contribution in [-0.4, -0.2) is 18.7 Å². The number of imidazole rings is 1. The lowest BCUT2D eigenvalue weighted by Crippen LogP contribution is -2.39. The van der Waals surface area contributed by atoms with E-state index in [1.807, 2.05) is 6.92 Å². The fourth-order valence-corrected chi connectivity index (χ4v) is 3.05. The van der Waals surface area contributed by atoms with Crippen molar-refractivity contribution in [3.63, 3.8) is 0 Å². The van der Waals surface area contributed by atoms with Crippen molar-refractivity contribution in [3.8, 4) is 11.8 Å². The summed E-state index contributed by atoms with van der Waals surface area (Å²) in [5.41, 5.74) is -0.150. The molecule has 3 aromatic rings. The number of fused-ring (bicyclic) bond motifs is 1. The lowest BCUT2D eigenvalue weighted by atomic mass is 10.1. The van der Waals surface area contributed by atoms with E-state index in [1.165, 1.54) is 33.4 Å². The Bertz CT molecular complexity index is 1090. The molecule has 0 bridgehead atoms. The van der Waals surface area contributed by atoms with Crippen LogP contribution in [0.5, 0.6) is 11.8 Å². The van der Waals surface area contributed by atoms with Crippen LogP contribution in [-0.2, 0) is 20.1 Å². The molecule has 1 aromatic carbocycles. The normalized spacial score (nSPS) is 11.5. The monoisotopic (exact) mass is 388 g/mol. The highest BCUT2D eigenvalue weighted by atomic mass is 19.1. The maximum atomic E-state index is 13.2. The molecule has 0 saturated heterocycles. The van der Waals surface area contributed by atoms with Gasteiger partial charge in [0.15, 0.2) is 11.2 Å². The topological polar surface area (TPSA) is 71.1 Å². The zero-order chi connectivity index (χ0) is 20.4. The molecule has 0 N–H and O–H groups in total. The Labute approximate surface area is 162 Å². The average Bonchev–Trinajstić information content (AvgIpc) is 3.02. The minimum Gasteiger partial charge on any atom is -0.425 e. The third-order valence-corrected chi connectivity index (χ3v) is 4.60. The van der Waals surface area contributed by atoms with Crippen LogP contribution < -0.4 is 16.0 Å². The van der Waals surface area contributed by atoms with Gasteiger partial charge < -0.3 is 4.74 Å². The molecule has 0 aliphatic rings. The molecule has 0 saturated carbocycles. The van der Waals surface area contributed by atoms with Crippen molar-refractivity contribution in [2.75, 3.05) is 0 Å². The molecular formula is C20H25FN4O3. The highest BCUT2D eigenvalue weighted by Gasteiger charge is 2.21. The first-order chi connectivity index (χ1) is 13.3. The summed E-state index contributed by atoms with van der Waals surface area (Å²) >= 11 is 0. The summed E-state index contributed by atoms with van der Waals surface area (Å²) in [6, 6.07) is 5.79. The Balaban J connectivity index is 2.21. The lowest BCUT2D eigenvalue weighted by Gasteiger charge is -2.12. The van der Waals surface area contributed by atoms with Crippen molar-refractivity contribution < 1.29 is 9.13 Å². The number of hydrogen-bond donors (Lipinski definition) is 0. The van der Waals surface area contributed by atoms with E-state index in [2.05, 4.69) is 18.8 Å². The highest BCUT2D eigenvalue weighted by Crippen LogP contribution is 2.25. The van der Waals surface area contributed by atoms with Crippen LogP contribution in [0.3, 0.4) is 0 Å². The third kappa shape index (κ3) is 3.72. The van der Waals surface area contributed by atoms with Gasteiger partial charge in [-0.25, -0.2) is 9.18 Å². The summed E-state index contributed by atoms with van der Waals surface area (Å²) in [4.78, 5) is 30.0. The Morgan fingerprint density at radius 1 is 1.11 bits per heavy atom. The summed E-state index contributed by atoms with van der Waals surface area (Å²) in [6.07, 6.45) is 1.47. The minimum atomic E-state index is -0.402. The first kappa shape index (κ1) is 19.9. The number of hydrogen-bond acceptors (Lipinski definition) is 4. The van der Waals surface area contributed by atoms with Crippen LogP contribution in [0.15, 0.2) is 33.9 Å². The van der Waals surface area contributed by atoms with E-state index < -0.39 is 5.69 Å². The third-order valence-electron chi connectivity index (χ3n) is 4.60. The van der Waals surface area contributed by atoms with Gasteiger partial charge in [0.25, 0.3) is 5.56 Å². The quantitative estimate of drug-likeness (QED) is 0.623. The Hall–Kier alpha value is -2.90. The molecule has 0 fully saturated rings. The average molecular weight is 388 g/mol. The fraction of sp³-hybridized carbons (Fsp3) is 0.450. The maximum Gasteiger partial charge on any atom is 0.332 e. The van der Waals surface area contributed by atoms with Crippen LogP contribution >= 0.6 is 0 Å². The molecule has 0 amide bonds. The van der Waals surface area contributed by atoms with Gasteiger partial charge in [-0.1, -0.05) is 20.8 Å². The molecule has 0 radical (unpaired) electrons. The molecule has 0 aliphatic carbocycles. The predicted octanol–water partition coefficient (Wildman–Crippen LogP) is 3.28. The number of aryl methyl sites for hydroxylation is 2. The van der Waals surface area contributed by atoms with Gasteiger partial charge in [-0.2, -0.15) is 4.98 Å². The van der Waals surface area contributed by atoms with E-state index in [0.717, 1.165) is 6.42 Å². The second kappa shape index (κ2) is 8.00. The summed E-state index contributed by atoms with van der Waals surface area (Å²) in [6.45, 7) is 6.94. The lowest BCUT2D eigenvalue weighted by molar-refractivity contribution is 0.400. The number of nitrogens with zero attached hydrogens (tertiary/aromatic N) is 4. The second-order valence-electron chi connectivity index (χ2n) is 7.26. The Morgan fingerprint density at radius 3 is 2.39 bits per heavy atom. The molecule has 0 aliphatic heterocycles. The summed E-state index contributed by atoms with van der Waals surface area (Å²) in [5.74, 6) is 0.438. The van der Waals surface area contributed by atoms with Crippen LogP contribution in [0.2, 0.25) is 0 Å². The van der Waals surface area contributed by atoms with E-state index >= 15 is 0 Å². The number of rotatable bonds is 7. The van der Waals surface area contributed by atoms with Crippen LogP contribution in [0.1, 0.15) is 33.6 Å².